The van der Waals surface area contributed by atoms with Crippen LogP contribution in [0.3, 0.4) is 0 Å². The first kappa shape index (κ1) is 47.4. The molecule has 336 valence electrons. The lowest BCUT2D eigenvalue weighted by atomic mass is 9.63. The predicted octanol–water partition coefficient (Wildman–Crippen LogP) is 6.71. The first-order valence-electron chi connectivity index (χ1n) is 24.3. The van der Waals surface area contributed by atoms with E-state index in [1.54, 1.807) is 7.11 Å². The summed E-state index contributed by atoms with van der Waals surface area (Å²) >= 11 is 0. The number of nitrogens with two attached hydrogens (primary N) is 1. The van der Waals surface area contributed by atoms with Crippen LogP contribution in [-0.2, 0) is 14.3 Å². The maximum Gasteiger partial charge on any atom is 0.177 e. The minimum absolute atomic E-state index is 0.00104. The van der Waals surface area contributed by atoms with Gasteiger partial charge in [-0.1, -0.05) is 44.4 Å². The molecule has 0 aromatic rings. The molecule has 0 bridgehead atoms. The molecule has 0 aromatic carbocycles. The fourth-order valence-electron chi connectivity index (χ4n) is 12.7. The number of Topliss-reactive ketones (excluding diaryl/α,β-unsaturated/α-hetero) is 2. The van der Waals surface area contributed by atoms with E-state index >= 15 is 0 Å². The number of ketones is 2. The summed E-state index contributed by atoms with van der Waals surface area (Å²) < 4.78 is 5.74. The van der Waals surface area contributed by atoms with Crippen molar-refractivity contribution in [2.75, 3.05) is 20.3 Å². The van der Waals surface area contributed by atoms with Crippen molar-refractivity contribution in [1.82, 2.24) is 5.32 Å². The van der Waals surface area contributed by atoms with Gasteiger partial charge in [-0.3, -0.25) is 9.59 Å². The number of fused-ring (bicyclic) bond motifs is 2. The van der Waals surface area contributed by atoms with Gasteiger partial charge in [0.25, 0.3) is 0 Å². The van der Waals surface area contributed by atoms with E-state index in [9.17, 15) is 30.0 Å². The molecule has 4 aliphatic carbocycles. The van der Waals surface area contributed by atoms with Crippen molar-refractivity contribution in [3.05, 3.63) is 17.7 Å². The fourth-order valence-corrected chi connectivity index (χ4v) is 12.7. The molecule has 7 N–H and O–H groups in total. The second kappa shape index (κ2) is 23.0. The summed E-state index contributed by atoms with van der Waals surface area (Å²) in [5, 5.41) is 47.9. The second-order valence-electron chi connectivity index (χ2n) is 20.2. The first-order valence-corrected chi connectivity index (χ1v) is 24.3. The first-order chi connectivity index (χ1) is 29.0. The number of hydrogen-bond acceptors (Lipinski definition) is 10. The highest BCUT2D eigenvalue weighted by atomic mass is 16.5. The molecule has 10 heteroatoms. The highest BCUT2D eigenvalue weighted by Crippen LogP contribution is 2.48. The maximum atomic E-state index is 14.8. The number of nitrogens with zero attached hydrogens (tertiary/aromatic N) is 1. The van der Waals surface area contributed by atoms with Gasteiger partial charge in [-0.05, 0) is 151 Å². The largest absolute Gasteiger partial charge is 0.396 e. The number of allylic oxidation sites excluding steroid dienone is 1. The zero-order chi connectivity index (χ0) is 42.8. The molecule has 2 aliphatic heterocycles. The number of aliphatic hydroxyl groups is 4. The molecule has 6 aliphatic rings. The molecule has 15 atom stereocenters. The monoisotopic (exact) mass is 835 g/mol. The van der Waals surface area contributed by atoms with Gasteiger partial charge in [-0.2, -0.15) is 0 Å². The van der Waals surface area contributed by atoms with Gasteiger partial charge in [-0.15, -0.1) is 4.99 Å². The average Bonchev–Trinajstić information content (AvgIpc) is 3.63. The lowest BCUT2D eigenvalue weighted by Crippen LogP contribution is -2.45. The molecule has 60 heavy (non-hydrogen) atoms. The quantitative estimate of drug-likeness (QED) is 0.0454. The smallest absolute Gasteiger partial charge is 0.177 e. The van der Waals surface area contributed by atoms with Crippen molar-refractivity contribution in [2.24, 2.45) is 75.8 Å². The van der Waals surface area contributed by atoms with E-state index < -0.39 is 35.8 Å². The number of aliphatic hydroxyl groups excluding tert-OH is 4. The number of carbonyl (C=O) groups is 2. The van der Waals surface area contributed by atoms with Crippen LogP contribution in [0, 0.1) is 82.9 Å². The average molecular weight is 835 g/mol. The highest BCUT2D eigenvalue weighted by molar-refractivity contribution is 6.06. The number of hydrogen-bond donors (Lipinski definition) is 6. The zero-order valence-corrected chi connectivity index (χ0v) is 37.2. The van der Waals surface area contributed by atoms with Crippen LogP contribution < -0.4 is 11.1 Å². The number of piperidine rings is 1. The third-order valence-corrected chi connectivity index (χ3v) is 16.1. The van der Waals surface area contributed by atoms with Gasteiger partial charge in [-0.25, -0.2) is 0 Å². The summed E-state index contributed by atoms with van der Waals surface area (Å²) in [6, 6.07) is 0. The second-order valence-corrected chi connectivity index (χ2v) is 20.2. The van der Waals surface area contributed by atoms with E-state index in [2.05, 4.69) is 37.1 Å². The van der Waals surface area contributed by atoms with E-state index in [-0.39, 0.29) is 66.7 Å². The number of nitrogens with one attached hydrogen (secondary N) is 1. The Hall–Kier alpha value is -2.10. The highest BCUT2D eigenvalue weighted by Gasteiger charge is 2.47. The maximum absolute atomic E-state index is 14.8. The Bertz CT molecular complexity index is 1500. The van der Waals surface area contributed by atoms with Gasteiger partial charge in [0.1, 0.15) is 18.2 Å². The molecule has 6 rings (SSSR count). The number of unbranched alkanes of at least 4 members (excludes halogenated alkanes) is 1. The van der Waals surface area contributed by atoms with Gasteiger partial charge in [0.05, 0.1) is 30.9 Å². The Kier molecular flexibility index (Phi) is 18.2. The number of carbonyl (C=O) groups excluding carboxylic acids is 2. The van der Waals surface area contributed by atoms with Crippen LogP contribution in [-0.4, -0.2) is 89.1 Å². The molecule has 4 fully saturated rings. The number of rotatable bonds is 15. The molecule has 1 saturated heterocycles. The van der Waals surface area contributed by atoms with Crippen LogP contribution in [0.15, 0.2) is 16.8 Å². The SMILES string of the molecule is CCC[C@@H]([C@H]1C[C@@H](CC2CCNC(N)C2)C[C@@H]2C#C[C@H](C3CCCCC3)C3CC(O)C(OC)CC3CCC(=O)[C@H](O)C(=O)[C@H]2C1)[C@H](O)CC1=C[C+]([C@H](C)CCCCO)C=N1. The van der Waals surface area contributed by atoms with Crippen molar-refractivity contribution in [3.8, 4) is 11.8 Å². The zero-order valence-electron chi connectivity index (χ0n) is 37.2. The minimum atomic E-state index is -1.70. The molecule has 3 saturated carbocycles. The van der Waals surface area contributed by atoms with Crippen molar-refractivity contribution in [3.63, 3.8) is 0 Å². The van der Waals surface area contributed by atoms with Crippen LogP contribution in [0.2, 0.25) is 0 Å². The van der Waals surface area contributed by atoms with E-state index in [0.29, 0.717) is 49.9 Å². The summed E-state index contributed by atoms with van der Waals surface area (Å²) in [6.45, 7) is 5.44. The topological polar surface area (TPSA) is 175 Å². The minimum Gasteiger partial charge on any atom is -0.396 e. The van der Waals surface area contributed by atoms with E-state index in [0.717, 1.165) is 95.2 Å². The summed E-state index contributed by atoms with van der Waals surface area (Å²) in [5.41, 5.74) is 7.32. The standard InChI is InChI=1S/C50H80N3O7/c1-4-10-41(45(56)28-39-25-38(30-53-39)31(2)11-8-9-20-54)37-23-33(21-32-18-19-52-48(51)24-32)22-35-14-16-40(34-12-6-5-7-13-34)42-29-46(57)47(60-3)27-36(42)15-17-44(55)50(59)49(58)43(35)26-37/h25,30-37,40-43,45-48,50,52,54,56-57,59H,4-13,15,17-24,26-29,51H2,1-3H3/q+1/t31-,32?,33+,35+,36?,37+,40-,41+,42?,43+,45-,46?,47?,48?,50+/m1/s1. The van der Waals surface area contributed by atoms with Gasteiger partial charge in [0.2, 0.25) is 0 Å². The third-order valence-electron chi connectivity index (χ3n) is 16.1. The lowest BCUT2D eigenvalue weighted by molar-refractivity contribution is -0.142. The molecule has 6 unspecified atom stereocenters. The summed E-state index contributed by atoms with van der Waals surface area (Å²) in [6.07, 6.45) is 18.3. The summed E-state index contributed by atoms with van der Waals surface area (Å²) in [4.78, 5) is 33.4. The van der Waals surface area contributed by atoms with Crippen molar-refractivity contribution >= 4 is 17.8 Å². The Morgan fingerprint density at radius 1 is 0.967 bits per heavy atom. The van der Waals surface area contributed by atoms with Crippen LogP contribution in [0.25, 0.3) is 0 Å². The molecular weight excluding hydrogens is 755 g/mol. The van der Waals surface area contributed by atoms with Gasteiger partial charge < -0.3 is 36.2 Å². The number of ether oxygens (including phenoxy) is 1. The Labute approximate surface area is 361 Å². The molecule has 10 nitrogen and oxygen atoms in total. The Morgan fingerprint density at radius 3 is 2.50 bits per heavy atom. The molecular formula is C50H80N3O7+. The summed E-state index contributed by atoms with van der Waals surface area (Å²) in [7, 11) is 1.64. The van der Waals surface area contributed by atoms with Gasteiger partial charge in [0.15, 0.2) is 23.4 Å². The Morgan fingerprint density at radius 2 is 1.77 bits per heavy atom. The Balaban J connectivity index is 1.34. The molecule has 2 heterocycles. The van der Waals surface area contributed by atoms with E-state index in [4.69, 9.17) is 15.5 Å². The van der Waals surface area contributed by atoms with E-state index in [1.165, 1.54) is 19.3 Å². The molecule has 0 spiro atoms. The number of methoxy groups -OCH3 is 1. The van der Waals surface area contributed by atoms with Crippen molar-refractivity contribution in [2.45, 2.75) is 179 Å². The van der Waals surface area contributed by atoms with Gasteiger partial charge in [0, 0.05) is 43.8 Å². The fraction of sp³-hybridized carbons (Fsp3) is 0.840. The predicted molar refractivity (Wildman–Crippen MR) is 236 cm³/mol. The normalized spacial score (nSPS) is 37.3. The van der Waals surface area contributed by atoms with Crippen molar-refractivity contribution in [1.29, 1.82) is 0 Å². The lowest BCUT2D eigenvalue weighted by Gasteiger charge is -2.44. The van der Waals surface area contributed by atoms with Crippen LogP contribution in [0.1, 0.15) is 149 Å². The molecule has 0 amide bonds. The van der Waals surface area contributed by atoms with Crippen LogP contribution >= 0.6 is 0 Å². The van der Waals surface area contributed by atoms with Crippen molar-refractivity contribution < 1.29 is 34.8 Å². The van der Waals surface area contributed by atoms with E-state index in [1.807, 2.05) is 6.21 Å². The van der Waals surface area contributed by atoms with Crippen LogP contribution in [0.4, 0.5) is 0 Å². The van der Waals surface area contributed by atoms with Crippen LogP contribution in [0.5, 0.6) is 0 Å². The van der Waals surface area contributed by atoms with Gasteiger partial charge >= 0.3 is 0 Å². The molecule has 0 aromatic heterocycles. The molecule has 0 radical (unpaired) electrons. The summed E-state index contributed by atoms with van der Waals surface area (Å²) in [5.74, 6) is 8.75. The third kappa shape index (κ3) is 12.3. The number of aliphatic imine (C=N–C) groups is 1.